The summed E-state index contributed by atoms with van der Waals surface area (Å²) in [6.45, 7) is 1.92. The predicted molar refractivity (Wildman–Crippen MR) is 87.6 cm³/mol. The van der Waals surface area contributed by atoms with E-state index in [0.29, 0.717) is 6.04 Å². The minimum Gasteiger partial charge on any atom is -0.352 e. The van der Waals surface area contributed by atoms with Crippen LogP contribution in [0.2, 0.25) is 0 Å². The van der Waals surface area contributed by atoms with Gasteiger partial charge in [0.2, 0.25) is 5.95 Å². The predicted octanol–water partition coefficient (Wildman–Crippen LogP) is 3.38. The second-order valence-electron chi connectivity index (χ2n) is 5.74. The topological polar surface area (TPSA) is 41.1 Å². The third-order valence-corrected chi connectivity index (χ3v) is 4.55. The van der Waals surface area contributed by atoms with Gasteiger partial charge in [0.15, 0.2) is 0 Å². The molecule has 1 fully saturated rings. The molecule has 4 nitrogen and oxygen atoms in total. The highest BCUT2D eigenvalue weighted by Crippen LogP contribution is 2.27. The van der Waals surface area contributed by atoms with E-state index in [4.69, 9.17) is 0 Å². The van der Waals surface area contributed by atoms with Crippen LogP contribution in [0.5, 0.6) is 0 Å². The van der Waals surface area contributed by atoms with Gasteiger partial charge < -0.3 is 10.2 Å². The van der Waals surface area contributed by atoms with Gasteiger partial charge in [0.05, 0.1) is 0 Å². The molecule has 5 heteroatoms. The summed E-state index contributed by atoms with van der Waals surface area (Å²) in [6.07, 6.45) is 5.39. The molecule has 0 spiro atoms. The molecular weight excluding hydrogens is 328 g/mol. The van der Waals surface area contributed by atoms with Crippen LogP contribution in [-0.2, 0) is 13.0 Å². The van der Waals surface area contributed by atoms with Crippen molar-refractivity contribution in [2.24, 2.45) is 0 Å². The molecule has 0 bridgehead atoms. The Morgan fingerprint density at radius 2 is 2.10 bits per heavy atom. The third-order valence-electron chi connectivity index (χ3n) is 4.06. The van der Waals surface area contributed by atoms with Crippen molar-refractivity contribution in [1.29, 1.82) is 0 Å². The number of nitrogens with zero attached hydrogens (tertiary/aromatic N) is 3. The van der Waals surface area contributed by atoms with Crippen LogP contribution in [0.15, 0.2) is 34.9 Å². The zero-order valence-electron chi connectivity index (χ0n) is 11.7. The zero-order chi connectivity index (χ0) is 14.2. The summed E-state index contributed by atoms with van der Waals surface area (Å²) in [5, 5.41) is 3.37. The van der Waals surface area contributed by atoms with Crippen LogP contribution < -0.4 is 10.2 Å². The van der Waals surface area contributed by atoms with Gasteiger partial charge in [-0.15, -0.1) is 0 Å². The molecule has 21 heavy (non-hydrogen) atoms. The molecule has 2 heterocycles. The van der Waals surface area contributed by atoms with E-state index < -0.39 is 0 Å². The van der Waals surface area contributed by atoms with Gasteiger partial charge in [-0.05, 0) is 48.6 Å². The van der Waals surface area contributed by atoms with Gasteiger partial charge in [-0.1, -0.05) is 22.0 Å². The van der Waals surface area contributed by atoms with Crippen molar-refractivity contribution in [3.63, 3.8) is 0 Å². The Hall–Kier alpha value is -1.62. The molecule has 1 saturated carbocycles. The van der Waals surface area contributed by atoms with Crippen molar-refractivity contribution in [1.82, 2.24) is 9.97 Å². The van der Waals surface area contributed by atoms with Gasteiger partial charge in [0.25, 0.3) is 0 Å². The third kappa shape index (κ3) is 2.88. The fraction of sp³-hybridized carbons (Fsp3) is 0.375. The molecule has 108 valence electrons. The molecule has 0 unspecified atom stereocenters. The Balaban J connectivity index is 1.56. The number of hydrogen-bond donors (Lipinski definition) is 1. The maximum absolute atomic E-state index is 4.66. The van der Waals surface area contributed by atoms with Crippen molar-refractivity contribution in [2.75, 3.05) is 16.8 Å². The molecule has 2 aromatic rings. The Labute approximate surface area is 132 Å². The fourth-order valence-corrected chi connectivity index (χ4v) is 3.13. The zero-order valence-corrected chi connectivity index (χ0v) is 13.3. The summed E-state index contributed by atoms with van der Waals surface area (Å²) in [5.74, 6) is 1.77. The normalized spacial score (nSPS) is 17.5. The van der Waals surface area contributed by atoms with Gasteiger partial charge in [-0.3, -0.25) is 0 Å². The maximum Gasteiger partial charge on any atom is 0.224 e. The Morgan fingerprint density at radius 1 is 1.19 bits per heavy atom. The summed E-state index contributed by atoms with van der Waals surface area (Å²) < 4.78 is 1.14. The molecular formula is C16H17BrN4. The van der Waals surface area contributed by atoms with Crippen LogP contribution >= 0.6 is 15.9 Å². The van der Waals surface area contributed by atoms with Gasteiger partial charge >= 0.3 is 0 Å². The van der Waals surface area contributed by atoms with E-state index in [1.807, 2.05) is 12.3 Å². The first-order valence-corrected chi connectivity index (χ1v) is 8.19. The molecule has 0 saturated heterocycles. The van der Waals surface area contributed by atoms with Gasteiger partial charge in [0.1, 0.15) is 5.82 Å². The summed E-state index contributed by atoms with van der Waals surface area (Å²) in [7, 11) is 0. The number of rotatable bonds is 3. The van der Waals surface area contributed by atoms with Crippen LogP contribution in [0.1, 0.15) is 24.0 Å². The first-order chi connectivity index (χ1) is 10.3. The Kier molecular flexibility index (Phi) is 3.30. The molecule has 4 rings (SSSR count). The number of fused-ring (bicyclic) bond motifs is 1. The lowest BCUT2D eigenvalue weighted by Crippen LogP contribution is -2.31. The van der Waals surface area contributed by atoms with E-state index in [-0.39, 0.29) is 0 Å². The van der Waals surface area contributed by atoms with Crippen LogP contribution in [-0.4, -0.2) is 22.6 Å². The average Bonchev–Trinajstić information content (AvgIpc) is 3.31. The minimum absolute atomic E-state index is 0.582. The number of halogens is 1. The monoisotopic (exact) mass is 344 g/mol. The summed E-state index contributed by atoms with van der Waals surface area (Å²) in [5.41, 5.74) is 2.82. The second-order valence-corrected chi connectivity index (χ2v) is 6.66. The number of hydrogen-bond acceptors (Lipinski definition) is 4. The van der Waals surface area contributed by atoms with E-state index in [1.54, 1.807) is 0 Å². The highest BCUT2D eigenvalue weighted by molar-refractivity contribution is 9.10. The molecule has 1 N–H and O–H groups in total. The number of nitrogens with one attached hydrogen (secondary N) is 1. The van der Waals surface area contributed by atoms with Crippen molar-refractivity contribution < 1.29 is 0 Å². The average molecular weight is 345 g/mol. The SMILES string of the molecule is Brc1ccc2c(c1)CN(c1ccnc(NC3CC3)n1)CC2. The van der Waals surface area contributed by atoms with Gasteiger partial charge in [-0.25, -0.2) is 4.98 Å². The van der Waals surface area contributed by atoms with E-state index in [1.165, 1.54) is 24.0 Å². The fourth-order valence-electron chi connectivity index (χ4n) is 2.73. The molecule has 1 aromatic heterocycles. The molecule has 1 aliphatic heterocycles. The minimum atomic E-state index is 0.582. The smallest absolute Gasteiger partial charge is 0.224 e. The van der Waals surface area contributed by atoms with Crippen molar-refractivity contribution in [3.05, 3.63) is 46.1 Å². The van der Waals surface area contributed by atoms with E-state index in [0.717, 1.165) is 35.7 Å². The van der Waals surface area contributed by atoms with Crippen molar-refractivity contribution in [2.45, 2.75) is 31.8 Å². The number of anilines is 2. The summed E-state index contributed by atoms with van der Waals surface area (Å²) in [6, 6.07) is 9.14. The number of aromatic nitrogens is 2. The molecule has 2 aliphatic rings. The molecule has 0 atom stereocenters. The molecule has 0 amide bonds. The van der Waals surface area contributed by atoms with Gasteiger partial charge in [-0.2, -0.15) is 4.98 Å². The van der Waals surface area contributed by atoms with Crippen molar-refractivity contribution in [3.8, 4) is 0 Å². The van der Waals surface area contributed by atoms with Gasteiger partial charge in [0, 0.05) is 29.8 Å². The van der Waals surface area contributed by atoms with E-state index in [2.05, 4.69) is 54.3 Å². The molecule has 0 radical (unpaired) electrons. The van der Waals surface area contributed by atoms with Crippen LogP contribution in [0.25, 0.3) is 0 Å². The highest BCUT2D eigenvalue weighted by Gasteiger charge is 2.23. The lowest BCUT2D eigenvalue weighted by Gasteiger charge is -2.30. The lowest BCUT2D eigenvalue weighted by atomic mass is 10.00. The number of benzene rings is 1. The lowest BCUT2D eigenvalue weighted by molar-refractivity contribution is 0.719. The first-order valence-electron chi connectivity index (χ1n) is 7.40. The quantitative estimate of drug-likeness (QED) is 0.926. The maximum atomic E-state index is 4.66. The molecule has 1 aliphatic carbocycles. The molecule has 1 aromatic carbocycles. The Bertz CT molecular complexity index is 669. The van der Waals surface area contributed by atoms with Crippen LogP contribution in [0.3, 0.4) is 0 Å². The van der Waals surface area contributed by atoms with E-state index in [9.17, 15) is 0 Å². The van der Waals surface area contributed by atoms with Crippen LogP contribution in [0.4, 0.5) is 11.8 Å². The standard InChI is InChI=1S/C16H17BrN4/c17-13-2-1-11-6-8-21(10-12(11)9-13)15-5-7-18-16(20-15)19-14-3-4-14/h1-2,5,7,9,14H,3-4,6,8,10H2,(H,18,19,20). The largest absolute Gasteiger partial charge is 0.352 e. The van der Waals surface area contributed by atoms with Crippen molar-refractivity contribution >= 4 is 27.7 Å². The second kappa shape index (κ2) is 5.30. The highest BCUT2D eigenvalue weighted by atomic mass is 79.9. The summed E-state index contributed by atoms with van der Waals surface area (Å²) in [4.78, 5) is 11.3. The first kappa shape index (κ1) is 13.1. The Morgan fingerprint density at radius 3 is 2.95 bits per heavy atom. The van der Waals surface area contributed by atoms with E-state index >= 15 is 0 Å². The summed E-state index contributed by atoms with van der Waals surface area (Å²) >= 11 is 3.56. The van der Waals surface area contributed by atoms with Crippen LogP contribution in [0, 0.1) is 0 Å².